The minimum Gasteiger partial charge on any atom is -0.496 e. The fourth-order valence-electron chi connectivity index (χ4n) is 1.89. The van der Waals surface area contributed by atoms with E-state index in [4.69, 9.17) is 4.74 Å². The number of nitrogens with zero attached hydrogens (tertiary/aromatic N) is 3. The molecule has 0 aliphatic rings. The molecule has 7 heteroatoms. The second kappa shape index (κ2) is 6.25. The van der Waals surface area contributed by atoms with Gasteiger partial charge in [0.2, 0.25) is 0 Å². The molecule has 1 N–H and O–H groups in total. The van der Waals surface area contributed by atoms with Crippen LogP contribution in [0.25, 0.3) is 0 Å². The summed E-state index contributed by atoms with van der Waals surface area (Å²) in [5.74, 6) is 0.458. The van der Waals surface area contributed by atoms with E-state index in [1.54, 1.807) is 18.3 Å². The number of nitro benzene ring substituents is 1. The molecule has 0 saturated heterocycles. The van der Waals surface area contributed by atoms with Crippen LogP contribution in [0.1, 0.15) is 25.5 Å². The molecule has 0 aliphatic carbocycles. The molecular formula is C14H18N4O3. The molecule has 1 heterocycles. The van der Waals surface area contributed by atoms with Crippen molar-refractivity contribution in [2.45, 2.75) is 26.4 Å². The average molecular weight is 290 g/mol. The quantitative estimate of drug-likeness (QED) is 0.653. The maximum Gasteiger partial charge on any atom is 0.296 e. The molecule has 0 spiro atoms. The number of hydrogen-bond donors (Lipinski definition) is 1. The lowest BCUT2D eigenvalue weighted by Gasteiger charge is -2.07. The first-order valence-electron chi connectivity index (χ1n) is 6.60. The van der Waals surface area contributed by atoms with Crippen LogP contribution in [-0.4, -0.2) is 21.8 Å². The van der Waals surface area contributed by atoms with E-state index in [0.29, 0.717) is 18.0 Å². The molecule has 1 aromatic heterocycles. The van der Waals surface area contributed by atoms with Crippen molar-refractivity contribution in [2.24, 2.45) is 0 Å². The molecule has 0 amide bonds. The van der Waals surface area contributed by atoms with E-state index >= 15 is 0 Å². The summed E-state index contributed by atoms with van der Waals surface area (Å²) in [5.41, 5.74) is 1.41. The molecule has 2 rings (SSSR count). The first kappa shape index (κ1) is 14.8. The second-order valence-electron chi connectivity index (χ2n) is 4.92. The predicted octanol–water partition coefficient (Wildman–Crippen LogP) is 2.99. The van der Waals surface area contributed by atoms with Gasteiger partial charge in [0.25, 0.3) is 5.69 Å². The fourth-order valence-corrected chi connectivity index (χ4v) is 1.89. The number of ether oxygens (including phenoxy) is 1. The summed E-state index contributed by atoms with van der Waals surface area (Å²) >= 11 is 0. The van der Waals surface area contributed by atoms with E-state index in [0.717, 1.165) is 5.56 Å². The van der Waals surface area contributed by atoms with Crippen molar-refractivity contribution in [3.63, 3.8) is 0 Å². The van der Waals surface area contributed by atoms with Gasteiger partial charge in [-0.3, -0.25) is 14.8 Å². The lowest BCUT2D eigenvalue weighted by atomic mass is 10.2. The Hall–Kier alpha value is -2.57. The van der Waals surface area contributed by atoms with Crippen molar-refractivity contribution in [1.82, 2.24) is 9.78 Å². The molecule has 7 nitrogen and oxygen atoms in total. The highest BCUT2D eigenvalue weighted by Gasteiger charge is 2.15. The average Bonchev–Trinajstić information content (AvgIpc) is 2.94. The van der Waals surface area contributed by atoms with E-state index in [1.165, 1.54) is 13.2 Å². The van der Waals surface area contributed by atoms with Gasteiger partial charge >= 0.3 is 0 Å². The molecule has 0 aliphatic heterocycles. The van der Waals surface area contributed by atoms with Crippen LogP contribution in [0.2, 0.25) is 0 Å². The molecule has 0 unspecified atom stereocenters. The topological polar surface area (TPSA) is 82.2 Å². The highest BCUT2D eigenvalue weighted by molar-refractivity contribution is 5.63. The normalized spacial score (nSPS) is 10.7. The Morgan fingerprint density at radius 1 is 1.48 bits per heavy atom. The van der Waals surface area contributed by atoms with Crippen molar-refractivity contribution in [1.29, 1.82) is 0 Å². The maximum absolute atomic E-state index is 11.1. The van der Waals surface area contributed by atoms with E-state index < -0.39 is 4.92 Å². The van der Waals surface area contributed by atoms with Crippen LogP contribution in [0.15, 0.2) is 30.6 Å². The van der Waals surface area contributed by atoms with Gasteiger partial charge in [0.05, 0.1) is 24.3 Å². The van der Waals surface area contributed by atoms with Crippen molar-refractivity contribution in [3.8, 4) is 5.75 Å². The highest BCUT2D eigenvalue weighted by Crippen LogP contribution is 2.29. The van der Waals surface area contributed by atoms with Gasteiger partial charge in [-0.25, -0.2) is 0 Å². The molecule has 112 valence electrons. The van der Waals surface area contributed by atoms with Crippen LogP contribution >= 0.6 is 0 Å². The van der Waals surface area contributed by atoms with Gasteiger partial charge in [-0.1, -0.05) is 0 Å². The molecule has 1 aromatic carbocycles. The molecule has 0 radical (unpaired) electrons. The number of nitrogens with one attached hydrogen (secondary N) is 1. The molecule has 0 saturated carbocycles. The molecule has 0 atom stereocenters. The summed E-state index contributed by atoms with van der Waals surface area (Å²) in [7, 11) is 1.48. The van der Waals surface area contributed by atoms with Gasteiger partial charge < -0.3 is 10.1 Å². The van der Waals surface area contributed by atoms with Crippen LogP contribution in [0.5, 0.6) is 5.75 Å². The highest BCUT2D eigenvalue weighted by atomic mass is 16.6. The van der Waals surface area contributed by atoms with Crippen LogP contribution in [0.4, 0.5) is 11.4 Å². The SMILES string of the molecule is COc1ccc(NCc2cnn(C(C)C)c2)c([N+](=O)[O-])c1. The minimum atomic E-state index is -0.428. The van der Waals surface area contributed by atoms with Crippen molar-refractivity contribution in [2.75, 3.05) is 12.4 Å². The summed E-state index contributed by atoms with van der Waals surface area (Å²) in [5, 5.41) is 18.4. The number of rotatable bonds is 6. The van der Waals surface area contributed by atoms with Crippen LogP contribution in [-0.2, 0) is 6.54 Å². The molecular weight excluding hydrogens is 272 g/mol. The number of hydrogen-bond acceptors (Lipinski definition) is 5. The summed E-state index contributed by atoms with van der Waals surface area (Å²) < 4.78 is 6.85. The molecule has 21 heavy (non-hydrogen) atoms. The number of aromatic nitrogens is 2. The Balaban J connectivity index is 2.13. The number of nitro groups is 1. The zero-order valence-electron chi connectivity index (χ0n) is 12.2. The zero-order chi connectivity index (χ0) is 15.4. The van der Waals surface area contributed by atoms with Crippen molar-refractivity contribution < 1.29 is 9.66 Å². The Morgan fingerprint density at radius 2 is 2.24 bits per heavy atom. The Kier molecular flexibility index (Phi) is 4.42. The Morgan fingerprint density at radius 3 is 2.81 bits per heavy atom. The van der Waals surface area contributed by atoms with Gasteiger partial charge in [-0.15, -0.1) is 0 Å². The fraction of sp³-hybridized carbons (Fsp3) is 0.357. The van der Waals surface area contributed by atoms with Crippen LogP contribution in [0.3, 0.4) is 0 Å². The third kappa shape index (κ3) is 3.50. The second-order valence-corrected chi connectivity index (χ2v) is 4.92. The minimum absolute atomic E-state index is 0.00870. The van der Waals surface area contributed by atoms with E-state index in [-0.39, 0.29) is 11.7 Å². The summed E-state index contributed by atoms with van der Waals surface area (Å²) in [6.45, 7) is 4.55. The maximum atomic E-state index is 11.1. The third-order valence-electron chi connectivity index (χ3n) is 3.07. The third-order valence-corrected chi connectivity index (χ3v) is 3.07. The predicted molar refractivity (Wildman–Crippen MR) is 79.6 cm³/mol. The summed E-state index contributed by atoms with van der Waals surface area (Å²) in [6, 6.07) is 5.02. The zero-order valence-corrected chi connectivity index (χ0v) is 12.2. The van der Waals surface area contributed by atoms with E-state index in [2.05, 4.69) is 10.4 Å². The monoisotopic (exact) mass is 290 g/mol. The lowest BCUT2D eigenvalue weighted by Crippen LogP contribution is -2.03. The van der Waals surface area contributed by atoms with Gasteiger partial charge in [-0.05, 0) is 26.0 Å². The van der Waals surface area contributed by atoms with E-state index in [9.17, 15) is 10.1 Å². The standard InChI is InChI=1S/C14H18N4O3/c1-10(2)17-9-11(8-16-17)7-15-13-5-4-12(21-3)6-14(13)18(19)20/h4-6,8-10,15H,7H2,1-3H3. The van der Waals surface area contributed by atoms with E-state index in [1.807, 2.05) is 24.7 Å². The van der Waals surface area contributed by atoms with Gasteiger partial charge in [0.15, 0.2) is 0 Å². The Bertz CT molecular complexity index is 637. The smallest absolute Gasteiger partial charge is 0.296 e. The molecule has 0 fully saturated rings. The molecule has 2 aromatic rings. The van der Waals surface area contributed by atoms with Crippen molar-refractivity contribution in [3.05, 3.63) is 46.3 Å². The number of benzene rings is 1. The number of methoxy groups -OCH3 is 1. The largest absolute Gasteiger partial charge is 0.496 e. The van der Waals surface area contributed by atoms with Crippen molar-refractivity contribution >= 4 is 11.4 Å². The van der Waals surface area contributed by atoms with Gasteiger partial charge in [0, 0.05) is 24.3 Å². The first-order chi connectivity index (χ1) is 10.0. The van der Waals surface area contributed by atoms with Gasteiger partial charge in [-0.2, -0.15) is 5.10 Å². The number of anilines is 1. The van der Waals surface area contributed by atoms with Gasteiger partial charge in [0.1, 0.15) is 11.4 Å². The molecule has 0 bridgehead atoms. The lowest BCUT2D eigenvalue weighted by molar-refractivity contribution is -0.384. The van der Waals surface area contributed by atoms with Crippen LogP contribution < -0.4 is 10.1 Å². The Labute approximate surface area is 122 Å². The first-order valence-corrected chi connectivity index (χ1v) is 6.60. The summed E-state index contributed by atoms with van der Waals surface area (Å²) in [4.78, 5) is 10.7. The summed E-state index contributed by atoms with van der Waals surface area (Å²) in [6.07, 6.45) is 3.68. The van der Waals surface area contributed by atoms with Crippen LogP contribution in [0, 0.1) is 10.1 Å².